The van der Waals surface area contributed by atoms with Gasteiger partial charge in [0, 0.05) is 18.3 Å². The number of aromatic hydroxyl groups is 1. The largest absolute Gasteiger partial charge is 0.508 e. The summed E-state index contributed by atoms with van der Waals surface area (Å²) in [6, 6.07) is 12.9. The van der Waals surface area contributed by atoms with Crippen LogP contribution < -0.4 is 15.8 Å². The molecular weight excluding hydrogens is 240 g/mol. The maximum atomic E-state index is 9.20. The average molecular weight is 258 g/mol. The van der Waals surface area contributed by atoms with Gasteiger partial charge in [0.25, 0.3) is 0 Å². The van der Waals surface area contributed by atoms with Crippen molar-refractivity contribution in [3.05, 3.63) is 48.0 Å². The second-order valence-electron chi connectivity index (χ2n) is 4.30. The molecule has 0 atom stereocenters. The Bertz CT molecular complexity index is 538. The predicted molar refractivity (Wildman–Crippen MR) is 77.7 cm³/mol. The van der Waals surface area contributed by atoms with E-state index in [0.717, 1.165) is 18.7 Å². The van der Waals surface area contributed by atoms with Crippen molar-refractivity contribution in [1.29, 1.82) is 0 Å². The summed E-state index contributed by atoms with van der Waals surface area (Å²) >= 11 is 0. The molecule has 0 saturated carbocycles. The van der Waals surface area contributed by atoms with E-state index in [4.69, 9.17) is 10.5 Å². The molecule has 0 aromatic heterocycles. The van der Waals surface area contributed by atoms with E-state index in [-0.39, 0.29) is 0 Å². The smallest absolute Gasteiger partial charge is 0.143 e. The van der Waals surface area contributed by atoms with Gasteiger partial charge in [-0.15, -0.1) is 0 Å². The zero-order valence-electron chi connectivity index (χ0n) is 10.9. The van der Waals surface area contributed by atoms with Gasteiger partial charge in [0.15, 0.2) is 0 Å². The molecule has 0 amide bonds. The molecule has 4 nitrogen and oxygen atoms in total. The topological polar surface area (TPSA) is 67.5 Å². The molecule has 0 aliphatic rings. The van der Waals surface area contributed by atoms with Gasteiger partial charge in [-0.1, -0.05) is 12.1 Å². The summed E-state index contributed by atoms with van der Waals surface area (Å²) < 4.78 is 5.17. The Hall–Kier alpha value is -2.36. The van der Waals surface area contributed by atoms with Crippen molar-refractivity contribution < 1.29 is 9.84 Å². The normalized spacial score (nSPS) is 10.2. The van der Waals surface area contributed by atoms with Gasteiger partial charge in [0.2, 0.25) is 0 Å². The summed E-state index contributed by atoms with van der Waals surface area (Å²) in [6.45, 7) is 0.803. The molecule has 4 N–H and O–H groups in total. The Labute approximate surface area is 112 Å². The fourth-order valence-corrected chi connectivity index (χ4v) is 1.83. The molecule has 2 aromatic rings. The first-order valence-corrected chi connectivity index (χ1v) is 6.14. The first kappa shape index (κ1) is 13.1. The molecule has 0 heterocycles. The molecule has 0 unspecified atom stereocenters. The second-order valence-corrected chi connectivity index (χ2v) is 4.30. The van der Waals surface area contributed by atoms with Gasteiger partial charge in [0.05, 0.1) is 12.8 Å². The number of anilines is 2. The van der Waals surface area contributed by atoms with Crippen molar-refractivity contribution in [3.63, 3.8) is 0 Å². The lowest BCUT2D eigenvalue weighted by Gasteiger charge is -2.10. The van der Waals surface area contributed by atoms with Crippen LogP contribution in [0.1, 0.15) is 5.56 Å². The Morgan fingerprint density at radius 3 is 2.58 bits per heavy atom. The number of nitrogens with one attached hydrogen (secondary N) is 1. The number of ether oxygens (including phenoxy) is 1. The molecular formula is C15H18N2O2. The Morgan fingerprint density at radius 1 is 1.16 bits per heavy atom. The monoisotopic (exact) mass is 258 g/mol. The average Bonchev–Trinajstić information content (AvgIpc) is 2.43. The van der Waals surface area contributed by atoms with Crippen molar-refractivity contribution in [2.45, 2.75) is 6.42 Å². The van der Waals surface area contributed by atoms with Crippen LogP contribution in [0, 0.1) is 0 Å². The van der Waals surface area contributed by atoms with Gasteiger partial charge in [-0.3, -0.25) is 0 Å². The Kier molecular flexibility index (Phi) is 4.13. The highest BCUT2D eigenvalue weighted by molar-refractivity contribution is 5.61. The zero-order valence-corrected chi connectivity index (χ0v) is 10.9. The number of phenolic OH excluding ortho intramolecular Hbond substituents is 1. The van der Waals surface area contributed by atoms with E-state index < -0.39 is 0 Å². The number of nitrogen functional groups attached to an aromatic ring is 1. The first-order valence-electron chi connectivity index (χ1n) is 6.14. The van der Waals surface area contributed by atoms with Crippen molar-refractivity contribution in [2.75, 3.05) is 24.7 Å². The fraction of sp³-hybridized carbons (Fsp3) is 0.200. The van der Waals surface area contributed by atoms with E-state index in [2.05, 4.69) is 5.32 Å². The van der Waals surface area contributed by atoms with Crippen LogP contribution in [0.2, 0.25) is 0 Å². The number of rotatable bonds is 5. The number of methoxy groups -OCH3 is 1. The molecule has 2 aromatic carbocycles. The molecule has 4 heteroatoms. The molecule has 0 spiro atoms. The molecule has 0 bridgehead atoms. The molecule has 2 rings (SSSR count). The Morgan fingerprint density at radius 2 is 1.89 bits per heavy atom. The molecule has 0 aliphatic carbocycles. The number of hydrogen-bond donors (Lipinski definition) is 3. The lowest BCUT2D eigenvalue weighted by atomic mass is 10.1. The number of hydrogen-bond acceptors (Lipinski definition) is 4. The SMILES string of the molecule is COc1cc(NCCc2ccc(O)cc2)ccc1N. The van der Waals surface area contributed by atoms with Crippen molar-refractivity contribution in [2.24, 2.45) is 0 Å². The van der Waals surface area contributed by atoms with E-state index in [0.29, 0.717) is 17.2 Å². The summed E-state index contributed by atoms with van der Waals surface area (Å²) in [6.07, 6.45) is 0.882. The van der Waals surface area contributed by atoms with Crippen LogP contribution in [0.25, 0.3) is 0 Å². The highest BCUT2D eigenvalue weighted by atomic mass is 16.5. The van der Waals surface area contributed by atoms with Gasteiger partial charge in [0.1, 0.15) is 11.5 Å². The lowest BCUT2D eigenvalue weighted by Crippen LogP contribution is -2.05. The van der Waals surface area contributed by atoms with Gasteiger partial charge >= 0.3 is 0 Å². The van der Waals surface area contributed by atoms with Gasteiger partial charge in [-0.25, -0.2) is 0 Å². The lowest BCUT2D eigenvalue weighted by molar-refractivity contribution is 0.417. The number of phenols is 1. The van der Waals surface area contributed by atoms with Crippen LogP contribution in [-0.4, -0.2) is 18.8 Å². The Balaban J connectivity index is 1.90. The summed E-state index contributed by atoms with van der Waals surface area (Å²) in [5, 5.41) is 12.5. The standard InChI is InChI=1S/C15H18N2O2/c1-19-15-10-12(4-7-14(15)16)17-9-8-11-2-5-13(18)6-3-11/h2-7,10,17-18H,8-9,16H2,1H3. The van der Waals surface area contributed by atoms with Gasteiger partial charge in [-0.05, 0) is 36.2 Å². The highest BCUT2D eigenvalue weighted by Gasteiger charge is 2.00. The van der Waals surface area contributed by atoms with Crippen molar-refractivity contribution in [1.82, 2.24) is 0 Å². The zero-order chi connectivity index (χ0) is 13.7. The van der Waals surface area contributed by atoms with Gasteiger partial charge < -0.3 is 20.9 Å². The third kappa shape index (κ3) is 3.55. The molecule has 0 aliphatic heterocycles. The van der Waals surface area contributed by atoms with Gasteiger partial charge in [-0.2, -0.15) is 0 Å². The maximum absolute atomic E-state index is 9.20. The summed E-state index contributed by atoms with van der Waals surface area (Å²) in [5.74, 6) is 0.967. The minimum Gasteiger partial charge on any atom is -0.508 e. The van der Waals surface area contributed by atoms with Crippen LogP contribution in [0.4, 0.5) is 11.4 Å². The predicted octanol–water partition coefficient (Wildman–Crippen LogP) is 2.64. The molecule has 0 radical (unpaired) electrons. The first-order chi connectivity index (χ1) is 9.19. The highest BCUT2D eigenvalue weighted by Crippen LogP contribution is 2.24. The van der Waals surface area contributed by atoms with E-state index >= 15 is 0 Å². The maximum Gasteiger partial charge on any atom is 0.143 e. The summed E-state index contributed by atoms with van der Waals surface area (Å²) in [4.78, 5) is 0. The summed E-state index contributed by atoms with van der Waals surface area (Å²) in [5.41, 5.74) is 8.54. The summed E-state index contributed by atoms with van der Waals surface area (Å²) in [7, 11) is 1.60. The van der Waals surface area contributed by atoms with E-state index in [9.17, 15) is 5.11 Å². The van der Waals surface area contributed by atoms with Crippen molar-refractivity contribution in [3.8, 4) is 11.5 Å². The third-order valence-corrected chi connectivity index (χ3v) is 2.91. The van der Waals surface area contributed by atoms with Crippen LogP contribution in [-0.2, 0) is 6.42 Å². The van der Waals surface area contributed by atoms with E-state index in [1.807, 2.05) is 30.3 Å². The number of benzene rings is 2. The van der Waals surface area contributed by atoms with E-state index in [1.165, 1.54) is 5.56 Å². The van der Waals surface area contributed by atoms with Crippen LogP contribution in [0.5, 0.6) is 11.5 Å². The molecule has 0 saturated heterocycles. The van der Waals surface area contributed by atoms with E-state index in [1.54, 1.807) is 19.2 Å². The second kappa shape index (κ2) is 6.00. The minimum atomic E-state index is 0.292. The third-order valence-electron chi connectivity index (χ3n) is 2.91. The van der Waals surface area contributed by atoms with Crippen LogP contribution in [0.3, 0.4) is 0 Å². The molecule has 100 valence electrons. The molecule has 0 fully saturated rings. The van der Waals surface area contributed by atoms with Crippen molar-refractivity contribution >= 4 is 11.4 Å². The van der Waals surface area contributed by atoms with Crippen LogP contribution >= 0.6 is 0 Å². The molecule has 19 heavy (non-hydrogen) atoms. The van der Waals surface area contributed by atoms with Crippen LogP contribution in [0.15, 0.2) is 42.5 Å². The minimum absolute atomic E-state index is 0.292. The number of nitrogens with two attached hydrogens (primary N) is 1. The fourth-order valence-electron chi connectivity index (χ4n) is 1.83. The quantitative estimate of drug-likeness (QED) is 0.721.